The van der Waals surface area contributed by atoms with E-state index in [0.29, 0.717) is 36.1 Å². The van der Waals surface area contributed by atoms with Crippen molar-refractivity contribution in [2.75, 3.05) is 39.3 Å². The molecule has 5 N–H and O–H groups in total. The molecule has 1 aromatic carbocycles. The molecule has 1 aliphatic carbocycles. The van der Waals surface area contributed by atoms with Crippen LogP contribution in [-0.2, 0) is 30.4 Å². The molecule has 1 saturated carbocycles. The van der Waals surface area contributed by atoms with Gasteiger partial charge in [-0.1, -0.05) is 25.0 Å². The fourth-order valence-electron chi connectivity index (χ4n) is 5.33. The lowest BCUT2D eigenvalue weighted by molar-refractivity contribution is -0.146. The third-order valence-corrected chi connectivity index (χ3v) is 7.44. The monoisotopic (exact) mass is 594 g/mol. The molecule has 2 rings (SSSR count). The summed E-state index contributed by atoms with van der Waals surface area (Å²) in [5, 5.41) is 58.5. The molecule has 0 heterocycles. The molecule has 14 nitrogen and oxygen atoms in total. The number of carbonyl (C=O) groups is 5. The first-order chi connectivity index (χ1) is 19.4. The van der Waals surface area contributed by atoms with Crippen LogP contribution in [0.2, 0.25) is 0 Å². The number of aliphatic carboxylic acids is 5. The van der Waals surface area contributed by atoms with Crippen LogP contribution in [0.15, 0.2) is 29.2 Å². The third-order valence-electron chi connectivity index (χ3n) is 6.84. The molecule has 0 aromatic heterocycles. The first-order valence-electron chi connectivity index (χ1n) is 12.9. The second kappa shape index (κ2) is 16.5. The highest BCUT2D eigenvalue weighted by atomic mass is 32.2. The van der Waals surface area contributed by atoms with Gasteiger partial charge in [-0.2, -0.15) is 5.26 Å². The zero-order valence-corrected chi connectivity index (χ0v) is 23.1. The topological polar surface area (TPSA) is 220 Å². The summed E-state index contributed by atoms with van der Waals surface area (Å²) in [4.78, 5) is 63.2. The maximum Gasteiger partial charge on any atom is 0.317 e. The molecule has 3 atom stereocenters. The minimum Gasteiger partial charge on any atom is -0.480 e. The molecule has 0 saturated heterocycles. The quantitative estimate of drug-likeness (QED) is 0.117. The van der Waals surface area contributed by atoms with Gasteiger partial charge in [-0.25, -0.2) is 0 Å². The molecular formula is C26H34N4O10S. The average Bonchev–Trinajstić information content (AvgIpc) is 2.87. The van der Waals surface area contributed by atoms with Gasteiger partial charge < -0.3 is 25.5 Å². The van der Waals surface area contributed by atoms with Crippen molar-refractivity contribution in [3.05, 3.63) is 29.8 Å². The van der Waals surface area contributed by atoms with Gasteiger partial charge in [-0.3, -0.25) is 38.7 Å². The van der Waals surface area contributed by atoms with E-state index in [2.05, 4.69) is 0 Å². The number of thiocyanates is 1. The van der Waals surface area contributed by atoms with Gasteiger partial charge in [-0.05, 0) is 48.7 Å². The van der Waals surface area contributed by atoms with Crippen molar-refractivity contribution in [3.63, 3.8) is 0 Å². The zero-order valence-electron chi connectivity index (χ0n) is 22.3. The molecule has 224 valence electrons. The van der Waals surface area contributed by atoms with Gasteiger partial charge in [0.1, 0.15) is 5.40 Å². The van der Waals surface area contributed by atoms with Crippen molar-refractivity contribution in [2.45, 2.75) is 55.1 Å². The number of carboxylic acids is 5. The van der Waals surface area contributed by atoms with Crippen molar-refractivity contribution >= 4 is 41.6 Å². The number of hydrogen-bond acceptors (Lipinski definition) is 10. The summed E-state index contributed by atoms with van der Waals surface area (Å²) < 4.78 is 0. The van der Waals surface area contributed by atoms with Crippen LogP contribution in [0.1, 0.15) is 31.2 Å². The maximum atomic E-state index is 12.0. The van der Waals surface area contributed by atoms with E-state index in [1.54, 1.807) is 29.2 Å². The van der Waals surface area contributed by atoms with E-state index in [9.17, 15) is 49.5 Å². The van der Waals surface area contributed by atoms with Crippen molar-refractivity contribution in [1.29, 1.82) is 5.26 Å². The Bertz CT molecular complexity index is 1090. The highest BCUT2D eigenvalue weighted by Gasteiger charge is 2.38. The maximum absolute atomic E-state index is 12.0. The molecule has 15 heteroatoms. The van der Waals surface area contributed by atoms with Crippen molar-refractivity contribution in [3.8, 4) is 5.40 Å². The van der Waals surface area contributed by atoms with E-state index < -0.39 is 80.7 Å². The number of nitrogens with zero attached hydrogens (tertiary/aromatic N) is 4. The highest BCUT2D eigenvalue weighted by molar-refractivity contribution is 8.03. The number of hydrogen-bond donors (Lipinski definition) is 5. The summed E-state index contributed by atoms with van der Waals surface area (Å²) in [5.41, 5.74) is 0.701. The van der Waals surface area contributed by atoms with Gasteiger partial charge in [0.05, 0.1) is 32.7 Å². The van der Waals surface area contributed by atoms with Crippen molar-refractivity contribution in [2.24, 2.45) is 0 Å². The predicted octanol–water partition coefficient (Wildman–Crippen LogP) is 0.811. The largest absolute Gasteiger partial charge is 0.480 e. The van der Waals surface area contributed by atoms with Crippen LogP contribution in [0.3, 0.4) is 0 Å². The van der Waals surface area contributed by atoms with Gasteiger partial charge in [0.2, 0.25) is 0 Å². The Morgan fingerprint density at radius 2 is 1.20 bits per heavy atom. The van der Waals surface area contributed by atoms with E-state index in [-0.39, 0.29) is 13.0 Å². The lowest BCUT2D eigenvalue weighted by Gasteiger charge is -2.45. The average molecular weight is 595 g/mol. The molecule has 0 radical (unpaired) electrons. The smallest absolute Gasteiger partial charge is 0.317 e. The Hall–Kier alpha value is -3.71. The molecule has 0 bridgehead atoms. The lowest BCUT2D eigenvalue weighted by Crippen LogP contribution is -2.59. The van der Waals surface area contributed by atoms with Crippen LogP contribution in [-0.4, -0.2) is 127 Å². The molecule has 41 heavy (non-hydrogen) atoms. The molecule has 1 fully saturated rings. The second-order valence-corrected chi connectivity index (χ2v) is 10.7. The van der Waals surface area contributed by atoms with E-state index in [1.165, 1.54) is 9.80 Å². The normalized spacial score (nSPS) is 17.7. The summed E-state index contributed by atoms with van der Waals surface area (Å²) in [6.45, 7) is -2.95. The number of nitriles is 1. The summed E-state index contributed by atoms with van der Waals surface area (Å²) in [6, 6.07) is 4.86. The van der Waals surface area contributed by atoms with Crippen LogP contribution in [0.25, 0.3) is 0 Å². The van der Waals surface area contributed by atoms with Gasteiger partial charge in [0, 0.05) is 29.6 Å². The number of thioether (sulfide) groups is 1. The number of carboxylic acid groups (broad SMARTS) is 5. The summed E-state index contributed by atoms with van der Waals surface area (Å²) in [6.07, 6.45) is 2.39. The summed E-state index contributed by atoms with van der Waals surface area (Å²) in [7, 11) is 0. The number of rotatable bonds is 18. The van der Waals surface area contributed by atoms with Gasteiger partial charge in [0.15, 0.2) is 0 Å². The van der Waals surface area contributed by atoms with Crippen LogP contribution in [0.5, 0.6) is 0 Å². The Kier molecular flexibility index (Phi) is 13.5. The minimum atomic E-state index is -1.27. The van der Waals surface area contributed by atoms with E-state index in [1.807, 2.05) is 5.40 Å². The SMILES string of the molecule is N#CSc1ccc(C[C@H](CN(CC(=O)O)[C@H]2CCCC[C@@H]2N(CC(=O)O)CC(=O)O)N(CC(=O)O)CC(=O)O)cc1. The van der Waals surface area contributed by atoms with Crippen molar-refractivity contribution in [1.82, 2.24) is 14.7 Å². The van der Waals surface area contributed by atoms with E-state index in [4.69, 9.17) is 5.26 Å². The molecule has 0 aliphatic heterocycles. The van der Waals surface area contributed by atoms with Crippen LogP contribution < -0.4 is 0 Å². The van der Waals surface area contributed by atoms with E-state index >= 15 is 0 Å². The molecular weight excluding hydrogens is 560 g/mol. The Morgan fingerprint density at radius 3 is 1.63 bits per heavy atom. The molecule has 0 amide bonds. The van der Waals surface area contributed by atoms with Crippen LogP contribution in [0.4, 0.5) is 0 Å². The lowest BCUT2D eigenvalue weighted by atomic mass is 9.87. The Balaban J connectivity index is 2.50. The minimum absolute atomic E-state index is 0.0727. The first kappa shape index (κ1) is 33.5. The fraction of sp³-hybridized carbons (Fsp3) is 0.538. The van der Waals surface area contributed by atoms with Gasteiger partial charge in [-0.15, -0.1) is 0 Å². The Morgan fingerprint density at radius 1 is 0.756 bits per heavy atom. The number of benzene rings is 1. The standard InChI is InChI=1S/C26H34N4O10S/c27-16-41-19-7-5-17(6-8-19)9-18(28(11-22(31)32)12-23(33)34)10-29(13-24(35)36)20-3-1-2-4-21(20)30(14-25(37)38)15-26(39)40/h5-8,18,20-21H,1-4,9-15H2,(H,31,32)(H,33,34)(H,35,36)(H,37,38)(H,39,40)/t18-,20+,21+/m1/s1. The van der Waals surface area contributed by atoms with Gasteiger partial charge in [0.25, 0.3) is 0 Å². The highest BCUT2D eigenvalue weighted by Crippen LogP contribution is 2.29. The summed E-state index contributed by atoms with van der Waals surface area (Å²) >= 11 is 0.951. The molecule has 0 spiro atoms. The summed E-state index contributed by atoms with van der Waals surface area (Å²) in [5.74, 6) is -6.20. The first-order valence-corrected chi connectivity index (χ1v) is 13.7. The van der Waals surface area contributed by atoms with Crippen molar-refractivity contribution < 1.29 is 49.5 Å². The van der Waals surface area contributed by atoms with Gasteiger partial charge >= 0.3 is 29.8 Å². The zero-order chi connectivity index (χ0) is 30.5. The van der Waals surface area contributed by atoms with Crippen LogP contribution >= 0.6 is 11.8 Å². The second-order valence-electron chi connectivity index (χ2n) is 9.82. The Labute approximate surface area is 240 Å². The molecule has 1 aromatic rings. The molecule has 1 aliphatic rings. The van der Waals surface area contributed by atoms with Crippen LogP contribution in [0, 0.1) is 10.7 Å². The third kappa shape index (κ3) is 11.7. The molecule has 0 unspecified atom stereocenters. The predicted molar refractivity (Wildman–Crippen MR) is 144 cm³/mol. The fourth-order valence-corrected chi connectivity index (χ4v) is 5.71. The van der Waals surface area contributed by atoms with E-state index in [0.717, 1.165) is 11.8 Å².